The van der Waals surface area contributed by atoms with Gasteiger partial charge in [0.05, 0.1) is 0 Å². The van der Waals surface area contributed by atoms with Crippen molar-refractivity contribution in [3.63, 3.8) is 0 Å². The second-order valence-electron chi connectivity index (χ2n) is 6.01. The highest BCUT2D eigenvalue weighted by molar-refractivity contribution is 8.01. The topological polar surface area (TPSA) is 3.88 Å². The Morgan fingerprint density at radius 2 is 1.75 bits per heavy atom. The van der Waals surface area contributed by atoms with E-state index >= 15 is 0 Å². The van der Waals surface area contributed by atoms with Crippen LogP contribution in [0.3, 0.4) is 0 Å². The molecule has 20 heavy (non-hydrogen) atoms. The van der Waals surface area contributed by atoms with E-state index in [0.29, 0.717) is 18.2 Å². The molecule has 2 atom stereocenters. The first-order valence-corrected chi connectivity index (χ1v) is 7.08. The van der Waals surface area contributed by atoms with Crippen molar-refractivity contribution in [1.29, 1.82) is 0 Å². The summed E-state index contributed by atoms with van der Waals surface area (Å²) >= 11 is 0. The van der Waals surface area contributed by atoms with Gasteiger partial charge in [0.15, 0.2) is 11.9 Å². The summed E-state index contributed by atoms with van der Waals surface area (Å²) in [6, 6.07) is 6.19. The van der Waals surface area contributed by atoms with Crippen LogP contribution in [0.15, 0.2) is 24.4 Å². The molecule has 0 aromatic carbocycles. The van der Waals surface area contributed by atoms with Gasteiger partial charge < -0.3 is 0 Å². The molecule has 82 valence electrons. The molecule has 10 radical (unpaired) electrons. The molecule has 1 unspecified atom stereocenters. The highest BCUT2D eigenvalue weighted by Crippen LogP contribution is 2.51. The van der Waals surface area contributed by atoms with Crippen molar-refractivity contribution < 1.29 is 4.57 Å². The lowest BCUT2D eigenvalue weighted by molar-refractivity contribution is -0.679. The number of rotatable bonds is 5. The Bertz CT molecular complexity index is 468. The molecule has 1 aliphatic rings. The number of pyridine rings is 1. The Morgan fingerprint density at radius 3 is 2.25 bits per heavy atom. The van der Waals surface area contributed by atoms with E-state index < -0.39 is 12.8 Å². The number of hydrogen-bond donors (Lipinski definition) is 0. The summed E-state index contributed by atoms with van der Waals surface area (Å²) in [5.74, 6) is 0.888. The molecule has 1 fully saturated rings. The van der Waals surface area contributed by atoms with E-state index in [1.807, 2.05) is 25.4 Å². The second-order valence-corrected chi connectivity index (χ2v) is 6.01. The molecule has 1 nitrogen and oxygen atoms in total. The van der Waals surface area contributed by atoms with E-state index in [0.717, 1.165) is 0 Å². The van der Waals surface area contributed by atoms with E-state index in [9.17, 15) is 0 Å². The van der Waals surface area contributed by atoms with E-state index in [1.54, 1.807) is 0 Å². The van der Waals surface area contributed by atoms with Gasteiger partial charge in [0.2, 0.25) is 0 Å². The Labute approximate surface area is 131 Å². The zero-order chi connectivity index (χ0) is 15.0. The van der Waals surface area contributed by atoms with Gasteiger partial charge in [-0.3, -0.25) is 0 Å². The minimum absolute atomic E-state index is 0.0739. The van der Waals surface area contributed by atoms with Crippen molar-refractivity contribution in [2.75, 3.05) is 0 Å². The average molecular weight is 242 g/mol. The first-order chi connectivity index (χ1) is 9.36. The van der Waals surface area contributed by atoms with Crippen LogP contribution >= 0.6 is 0 Å². The van der Waals surface area contributed by atoms with Crippen LogP contribution in [0.5, 0.6) is 0 Å². The summed E-state index contributed by atoms with van der Waals surface area (Å²) < 4.78 is 2.13. The standard InChI is InChI=1S/C9H12B10N/c1-7-9(8-5-3-4-6-20(8)2)15(7)19(17(12)13)18(14)16(10)11/h3-7,9H,1-2H3/q+1/t7-,9?/m0/s1. The summed E-state index contributed by atoms with van der Waals surface area (Å²) in [5.41, 5.74) is 1.27. The quantitative estimate of drug-likeness (QED) is 0.402. The molecule has 0 spiro atoms. The monoisotopic (exact) mass is 244 g/mol. The molecule has 2 rings (SSSR count). The number of aromatic nitrogens is 1. The van der Waals surface area contributed by atoms with Gasteiger partial charge in [0, 0.05) is 82.2 Å². The Kier molecular flexibility index (Phi) is 5.08. The van der Waals surface area contributed by atoms with Gasteiger partial charge >= 0.3 is 0 Å². The van der Waals surface area contributed by atoms with Crippen LogP contribution in [0, 0.1) is 0 Å². The lowest BCUT2D eigenvalue weighted by atomic mass is 8.57. The SMILES string of the molecule is [B]B([B])B([B])B(B([B])[B])B1C(c2cccc[n+]2C)[C@@H]1C. The fourth-order valence-electron chi connectivity index (χ4n) is 3.46. The predicted molar refractivity (Wildman–Crippen MR) is 97.3 cm³/mol. The van der Waals surface area contributed by atoms with Gasteiger partial charge in [-0.15, -0.1) is 0 Å². The lowest BCUT2D eigenvalue weighted by Crippen LogP contribution is -2.64. The summed E-state index contributed by atoms with van der Waals surface area (Å²) in [6.07, 6.45) is 0.471. The molecular formula is C9H12B10N+. The molecule has 1 aromatic heterocycles. The van der Waals surface area contributed by atoms with Crippen LogP contribution in [-0.2, 0) is 7.05 Å². The van der Waals surface area contributed by atoms with Gasteiger partial charge in [-0.25, -0.2) is 4.57 Å². The normalized spacial score (nSPS) is 20.4. The van der Waals surface area contributed by atoms with Gasteiger partial charge in [-0.05, 0) is 0 Å². The maximum atomic E-state index is 6.13. The lowest BCUT2D eigenvalue weighted by Gasteiger charge is -2.25. The molecule has 0 amide bonds. The highest BCUT2D eigenvalue weighted by Gasteiger charge is 2.59. The van der Waals surface area contributed by atoms with Crippen molar-refractivity contribution >= 4 is 70.8 Å². The second kappa shape index (κ2) is 6.28. The maximum Gasteiger partial charge on any atom is 0.175 e. The van der Waals surface area contributed by atoms with Crippen molar-refractivity contribution in [3.8, 4) is 0 Å². The van der Waals surface area contributed by atoms with Crippen LogP contribution < -0.4 is 4.57 Å². The predicted octanol–water partition coefficient (Wildman–Crippen LogP) is -2.35. The third-order valence-corrected chi connectivity index (χ3v) is 4.66. The van der Waals surface area contributed by atoms with Crippen LogP contribution in [0.2, 0.25) is 5.82 Å². The molecule has 11 heteroatoms. The van der Waals surface area contributed by atoms with Crippen LogP contribution in [0.25, 0.3) is 0 Å². The summed E-state index contributed by atoms with van der Waals surface area (Å²) in [4.78, 5) is 0. The minimum atomic E-state index is -0.604. The van der Waals surface area contributed by atoms with E-state index in [2.05, 4.69) is 17.6 Å². The van der Waals surface area contributed by atoms with Gasteiger partial charge in [0.25, 0.3) is 0 Å². The molecular weight excluding hydrogens is 230 g/mol. The highest BCUT2D eigenvalue weighted by atomic mass is 14.9. The number of aryl methyl sites for hydroxylation is 1. The molecule has 1 saturated heterocycles. The van der Waals surface area contributed by atoms with Gasteiger partial charge in [-0.1, -0.05) is 18.8 Å². The molecule has 1 aromatic rings. The largest absolute Gasteiger partial charge is 0.206 e. The average Bonchev–Trinajstić information content (AvgIpc) is 3.00. The zero-order valence-electron chi connectivity index (χ0n) is 12.2. The van der Waals surface area contributed by atoms with Crippen molar-refractivity contribution in [2.24, 2.45) is 7.05 Å². The number of nitrogens with zero attached hydrogens (tertiary/aromatic N) is 1. The first-order valence-electron chi connectivity index (χ1n) is 7.08. The Balaban J connectivity index is 2.23. The van der Waals surface area contributed by atoms with Crippen LogP contribution in [-0.4, -0.2) is 70.8 Å². The molecule has 2 heterocycles. The molecule has 0 aliphatic carbocycles. The summed E-state index contributed by atoms with van der Waals surface area (Å²) in [5, 5.41) is 0. The van der Waals surface area contributed by atoms with Crippen molar-refractivity contribution in [2.45, 2.75) is 18.6 Å². The third-order valence-electron chi connectivity index (χ3n) is 4.66. The first kappa shape index (κ1) is 16.2. The van der Waals surface area contributed by atoms with Gasteiger partial charge in [-0.2, -0.15) is 0 Å². The van der Waals surface area contributed by atoms with E-state index in [4.69, 9.17) is 38.7 Å². The Hall–Kier alpha value is -0.201. The van der Waals surface area contributed by atoms with Crippen molar-refractivity contribution in [3.05, 3.63) is 30.1 Å². The Morgan fingerprint density at radius 1 is 1.10 bits per heavy atom. The fourth-order valence-corrected chi connectivity index (χ4v) is 3.46. The van der Waals surface area contributed by atoms with Gasteiger partial charge in [0.1, 0.15) is 13.7 Å². The smallest absolute Gasteiger partial charge is 0.175 e. The third kappa shape index (κ3) is 3.02. The zero-order valence-corrected chi connectivity index (χ0v) is 12.2. The molecule has 1 aliphatic heterocycles. The fraction of sp³-hybridized carbons (Fsp3) is 0.444. The van der Waals surface area contributed by atoms with E-state index in [1.165, 1.54) is 5.69 Å². The molecule has 0 saturated carbocycles. The summed E-state index contributed by atoms with van der Waals surface area (Å²) in [7, 11) is 31.5. The van der Waals surface area contributed by atoms with Crippen LogP contribution in [0.1, 0.15) is 18.4 Å². The maximum absolute atomic E-state index is 6.13. The van der Waals surface area contributed by atoms with E-state index in [-0.39, 0.29) is 12.8 Å². The van der Waals surface area contributed by atoms with Crippen LogP contribution in [0.4, 0.5) is 0 Å². The number of hydrogen-bond acceptors (Lipinski definition) is 0. The summed E-state index contributed by atoms with van der Waals surface area (Å²) in [6.45, 7) is 2.53. The van der Waals surface area contributed by atoms with Crippen molar-refractivity contribution in [1.82, 2.24) is 0 Å². The minimum Gasteiger partial charge on any atom is -0.206 e. The molecule has 0 bridgehead atoms. The molecule has 0 N–H and O–H groups in total.